The fourth-order valence-electron chi connectivity index (χ4n) is 3.55. The fraction of sp³-hybridized carbons (Fsp3) is 0.562. The minimum Gasteiger partial charge on any atom is -0.369 e. The summed E-state index contributed by atoms with van der Waals surface area (Å²) < 4.78 is 0. The van der Waals surface area contributed by atoms with Crippen LogP contribution in [-0.2, 0) is 4.79 Å². The van der Waals surface area contributed by atoms with Crippen molar-refractivity contribution in [2.75, 3.05) is 20.1 Å². The van der Waals surface area contributed by atoms with Gasteiger partial charge in [-0.1, -0.05) is 6.92 Å². The molecule has 0 radical (unpaired) electrons. The summed E-state index contributed by atoms with van der Waals surface area (Å²) in [5.41, 5.74) is -0.898. The van der Waals surface area contributed by atoms with Crippen molar-refractivity contribution in [2.24, 2.45) is 5.92 Å². The molecule has 0 aliphatic carbocycles. The van der Waals surface area contributed by atoms with E-state index in [-0.39, 0.29) is 19.0 Å². The van der Waals surface area contributed by atoms with E-state index in [4.69, 9.17) is 5.26 Å². The first-order valence-electron chi connectivity index (χ1n) is 8.46. The monoisotopic (exact) mass is 378 g/mol. The molecule has 11 nitrogen and oxygen atoms in total. The first-order valence-corrected chi connectivity index (χ1v) is 8.46. The Bertz CT molecular complexity index is 772. The summed E-state index contributed by atoms with van der Waals surface area (Å²) in [6.07, 6.45) is 3.35. The molecule has 3 heterocycles. The lowest BCUT2D eigenvalue weighted by Crippen LogP contribution is -2.66. The molecule has 3 aliphatic heterocycles. The maximum Gasteiger partial charge on any atom is 0.336 e. The number of rotatable bonds is 3. The molecule has 0 spiro atoms. The van der Waals surface area contributed by atoms with Gasteiger partial charge in [-0.15, -0.1) is 0 Å². The fourth-order valence-corrected chi connectivity index (χ4v) is 3.55. The van der Waals surface area contributed by atoms with Gasteiger partial charge in [0.05, 0.1) is 6.54 Å². The number of nitrogens with zero attached hydrogens (tertiary/aromatic N) is 3. The third kappa shape index (κ3) is 3.08. The van der Waals surface area contributed by atoms with Gasteiger partial charge >= 0.3 is 11.8 Å². The van der Waals surface area contributed by atoms with Crippen LogP contribution in [0.5, 0.6) is 0 Å². The molecule has 146 valence electrons. The predicted octanol–water partition coefficient (Wildman–Crippen LogP) is -2.35. The molecule has 0 aromatic rings. The number of urea groups is 1. The summed E-state index contributed by atoms with van der Waals surface area (Å²) in [6.45, 7) is 1.68. The topological polar surface area (TPSA) is 161 Å². The van der Waals surface area contributed by atoms with Crippen molar-refractivity contribution in [3.63, 3.8) is 0 Å². The van der Waals surface area contributed by atoms with Crippen LogP contribution >= 0.6 is 0 Å². The Labute approximate surface area is 155 Å². The number of likely N-dealkylation sites (tertiary alicyclic amines) is 1. The van der Waals surface area contributed by atoms with E-state index in [9.17, 15) is 24.9 Å². The van der Waals surface area contributed by atoms with Crippen LogP contribution in [0.4, 0.5) is 4.79 Å². The van der Waals surface area contributed by atoms with Crippen LogP contribution in [0.2, 0.25) is 0 Å². The molecule has 0 aromatic carbocycles. The summed E-state index contributed by atoms with van der Waals surface area (Å²) in [5.74, 6) is -4.30. The minimum atomic E-state index is -3.16. The normalized spacial score (nSPS) is 30.1. The number of nitriles is 1. The molecule has 0 saturated carbocycles. The van der Waals surface area contributed by atoms with Gasteiger partial charge < -0.3 is 35.8 Å². The number of hydrogen-bond donors (Lipinski definition) is 6. The second-order valence-electron chi connectivity index (χ2n) is 6.97. The number of amides is 3. The summed E-state index contributed by atoms with van der Waals surface area (Å²) >= 11 is 0. The quantitative estimate of drug-likeness (QED) is 0.235. The summed E-state index contributed by atoms with van der Waals surface area (Å²) in [4.78, 5) is 26.7. The summed E-state index contributed by atoms with van der Waals surface area (Å²) in [5, 5.41) is 47.5. The number of likely N-dealkylation sites (N-methyl/N-ethyl adjacent to an activating group) is 1. The lowest BCUT2D eigenvalue weighted by Gasteiger charge is -2.50. The third-order valence-corrected chi connectivity index (χ3v) is 5.32. The molecule has 0 aromatic heterocycles. The molecule has 1 fully saturated rings. The molecule has 1 saturated heterocycles. The highest BCUT2D eigenvalue weighted by Crippen LogP contribution is 2.34. The Morgan fingerprint density at radius 2 is 2.22 bits per heavy atom. The van der Waals surface area contributed by atoms with Gasteiger partial charge in [0.2, 0.25) is 0 Å². The number of fused-ring (bicyclic) bond motifs is 1. The SMILES string of the molecule is CC1CCN(C(=O)C(O)(O)C#N)CC1(O)N(C)C1=C2C=CNC2NC(=O)N1. The van der Waals surface area contributed by atoms with E-state index >= 15 is 0 Å². The first kappa shape index (κ1) is 19.0. The molecule has 3 unspecified atom stereocenters. The van der Waals surface area contributed by atoms with E-state index in [1.807, 2.05) is 0 Å². The van der Waals surface area contributed by atoms with Gasteiger partial charge in [-0.3, -0.25) is 10.1 Å². The van der Waals surface area contributed by atoms with Crippen molar-refractivity contribution in [3.8, 4) is 6.07 Å². The number of nitrogens with one attached hydrogen (secondary N) is 3. The zero-order chi connectivity index (χ0) is 20.0. The number of aliphatic hydroxyl groups is 3. The van der Waals surface area contributed by atoms with Crippen molar-refractivity contribution in [2.45, 2.75) is 31.0 Å². The first-order chi connectivity index (χ1) is 12.6. The Balaban J connectivity index is 1.91. The molecular weight excluding hydrogens is 356 g/mol. The molecular formula is C16H22N6O5. The van der Waals surface area contributed by atoms with Gasteiger partial charge in [0, 0.05) is 25.1 Å². The Hall–Kier alpha value is -2.81. The molecule has 0 bridgehead atoms. The molecule has 3 aliphatic rings. The van der Waals surface area contributed by atoms with Crippen molar-refractivity contribution in [3.05, 3.63) is 23.7 Å². The number of carbonyl (C=O) groups excluding carboxylic acids is 2. The zero-order valence-electron chi connectivity index (χ0n) is 14.9. The van der Waals surface area contributed by atoms with E-state index in [2.05, 4.69) is 16.0 Å². The van der Waals surface area contributed by atoms with Crippen LogP contribution in [0.25, 0.3) is 0 Å². The van der Waals surface area contributed by atoms with Crippen molar-refractivity contribution in [1.29, 1.82) is 5.26 Å². The average molecular weight is 378 g/mol. The van der Waals surface area contributed by atoms with Crippen molar-refractivity contribution in [1.82, 2.24) is 25.8 Å². The molecule has 3 rings (SSSR count). The van der Waals surface area contributed by atoms with Gasteiger partial charge in [0.1, 0.15) is 18.1 Å². The van der Waals surface area contributed by atoms with Gasteiger partial charge in [-0.25, -0.2) is 4.79 Å². The molecule has 11 heteroatoms. The lowest BCUT2D eigenvalue weighted by molar-refractivity contribution is -0.197. The van der Waals surface area contributed by atoms with Gasteiger partial charge in [0.25, 0.3) is 5.91 Å². The molecule has 6 N–H and O–H groups in total. The Kier molecular flexibility index (Phi) is 4.51. The number of carbonyl (C=O) groups is 2. The second kappa shape index (κ2) is 6.41. The number of piperidine rings is 1. The van der Waals surface area contributed by atoms with E-state index < -0.39 is 29.6 Å². The Morgan fingerprint density at radius 3 is 2.89 bits per heavy atom. The standard InChI is InChI=1S/C16H22N6O5/c1-9-4-6-22(13(23)16(26,27)7-17)8-15(9,25)21(2)12-10-3-5-18-11(10)19-14(24)20-12/h3,5,9,11,18,25-27H,4,6,8H2,1-2H3,(H2,19,20,24). The van der Waals surface area contributed by atoms with E-state index in [0.29, 0.717) is 17.8 Å². The Morgan fingerprint density at radius 1 is 1.52 bits per heavy atom. The van der Waals surface area contributed by atoms with Crippen molar-refractivity contribution < 1.29 is 24.9 Å². The molecule has 27 heavy (non-hydrogen) atoms. The van der Waals surface area contributed by atoms with E-state index in [1.165, 1.54) is 4.90 Å². The van der Waals surface area contributed by atoms with E-state index in [1.54, 1.807) is 26.2 Å². The molecule has 3 atom stereocenters. The maximum absolute atomic E-state index is 12.2. The highest BCUT2D eigenvalue weighted by atomic mass is 16.5. The third-order valence-electron chi connectivity index (χ3n) is 5.32. The van der Waals surface area contributed by atoms with Crippen LogP contribution in [0.1, 0.15) is 13.3 Å². The lowest BCUT2D eigenvalue weighted by atomic mass is 9.87. The summed E-state index contributed by atoms with van der Waals surface area (Å²) in [6, 6.07) is 0.690. The van der Waals surface area contributed by atoms with Gasteiger partial charge in [0.15, 0.2) is 5.72 Å². The van der Waals surface area contributed by atoms with Crippen LogP contribution in [0.15, 0.2) is 23.7 Å². The zero-order valence-corrected chi connectivity index (χ0v) is 14.9. The van der Waals surface area contributed by atoms with Crippen LogP contribution in [-0.4, -0.2) is 74.9 Å². The predicted molar refractivity (Wildman–Crippen MR) is 90.6 cm³/mol. The molecule has 3 amide bonds. The largest absolute Gasteiger partial charge is 0.369 e. The van der Waals surface area contributed by atoms with Crippen LogP contribution in [0.3, 0.4) is 0 Å². The van der Waals surface area contributed by atoms with E-state index in [0.717, 1.165) is 11.0 Å². The van der Waals surface area contributed by atoms with Crippen LogP contribution in [0, 0.1) is 17.2 Å². The van der Waals surface area contributed by atoms with Gasteiger partial charge in [-0.2, -0.15) is 5.26 Å². The van der Waals surface area contributed by atoms with Crippen molar-refractivity contribution >= 4 is 11.9 Å². The van der Waals surface area contributed by atoms with Gasteiger partial charge in [-0.05, 0) is 18.7 Å². The second-order valence-corrected chi connectivity index (χ2v) is 6.97. The summed E-state index contributed by atoms with van der Waals surface area (Å²) in [7, 11) is 1.58. The number of hydrogen-bond acceptors (Lipinski definition) is 8. The highest BCUT2D eigenvalue weighted by Gasteiger charge is 2.49. The minimum absolute atomic E-state index is 0.157. The number of β-amino-alcohol motifs (C(OH)–C–C–N with tert-alkyl or cyclic N) is 1. The highest BCUT2D eigenvalue weighted by molar-refractivity contribution is 5.86. The maximum atomic E-state index is 12.2. The van der Waals surface area contributed by atoms with Crippen LogP contribution < -0.4 is 16.0 Å². The smallest absolute Gasteiger partial charge is 0.336 e. The average Bonchev–Trinajstić information content (AvgIpc) is 3.10.